The highest BCUT2D eigenvalue weighted by molar-refractivity contribution is 14.1. The number of rotatable bonds is 5. The van der Waals surface area contributed by atoms with Crippen molar-refractivity contribution in [3.05, 3.63) is 69.8 Å². The van der Waals surface area contributed by atoms with Gasteiger partial charge in [-0.05, 0) is 42.0 Å². The van der Waals surface area contributed by atoms with Crippen LogP contribution in [0.4, 0.5) is 10.5 Å². The molecule has 0 aromatic heterocycles. The molecule has 0 spiro atoms. The number of carbonyl (C=O) groups excluding carboxylic acids is 1. The Morgan fingerprint density at radius 1 is 1.04 bits per heavy atom. The fraction of sp³-hybridized carbons (Fsp3) is 0.190. The van der Waals surface area contributed by atoms with Gasteiger partial charge in [0.25, 0.3) is 0 Å². The predicted octanol–water partition coefficient (Wildman–Crippen LogP) is 5.98. The van der Waals surface area contributed by atoms with Crippen LogP contribution in [0.3, 0.4) is 0 Å². The van der Waals surface area contributed by atoms with Gasteiger partial charge < -0.3 is 9.47 Å². The summed E-state index contributed by atoms with van der Waals surface area (Å²) >= 11 is 2.24. The van der Waals surface area contributed by atoms with Crippen LogP contribution in [0.2, 0.25) is 0 Å². The topological polar surface area (TPSA) is 47.6 Å². The smallest absolute Gasteiger partial charge is 0.411 e. The lowest BCUT2D eigenvalue weighted by molar-refractivity contribution is 0.130. The van der Waals surface area contributed by atoms with E-state index in [1.54, 1.807) is 0 Å². The van der Waals surface area contributed by atoms with Gasteiger partial charge in [0, 0.05) is 20.4 Å². The highest BCUT2D eigenvalue weighted by Gasteiger charge is 2.14. The minimum atomic E-state index is -0.470. The van der Waals surface area contributed by atoms with Gasteiger partial charge in [-0.2, -0.15) is 0 Å². The van der Waals surface area contributed by atoms with Crippen molar-refractivity contribution >= 4 is 45.1 Å². The highest BCUT2D eigenvalue weighted by Crippen LogP contribution is 2.36. The zero-order valence-corrected chi connectivity index (χ0v) is 16.8. The van der Waals surface area contributed by atoms with Crippen molar-refractivity contribution < 1.29 is 14.3 Å². The Bertz CT molecular complexity index is 910. The van der Waals surface area contributed by atoms with Crippen LogP contribution in [0.1, 0.15) is 19.4 Å². The van der Waals surface area contributed by atoms with Crippen molar-refractivity contribution in [1.82, 2.24) is 0 Å². The van der Waals surface area contributed by atoms with Crippen molar-refractivity contribution in [2.24, 2.45) is 0 Å². The molecule has 26 heavy (non-hydrogen) atoms. The first kappa shape index (κ1) is 18.5. The third-order valence-corrected chi connectivity index (χ3v) is 4.92. The minimum absolute atomic E-state index is 0.179. The lowest BCUT2D eigenvalue weighted by Crippen LogP contribution is -2.18. The van der Waals surface area contributed by atoms with E-state index in [4.69, 9.17) is 9.47 Å². The Kier molecular flexibility index (Phi) is 5.98. The maximum absolute atomic E-state index is 12.0. The number of carbonyl (C=O) groups is 1. The third-order valence-electron chi connectivity index (χ3n) is 3.76. The van der Waals surface area contributed by atoms with Gasteiger partial charge in [-0.25, -0.2) is 4.79 Å². The number of hydrogen-bond acceptors (Lipinski definition) is 3. The van der Waals surface area contributed by atoms with Crippen molar-refractivity contribution in [3.63, 3.8) is 0 Å². The van der Waals surface area contributed by atoms with Crippen LogP contribution >= 0.6 is 22.6 Å². The van der Waals surface area contributed by atoms with Crippen molar-refractivity contribution in [1.29, 1.82) is 0 Å². The lowest BCUT2D eigenvalue weighted by Gasteiger charge is -2.16. The monoisotopic (exact) mass is 461 g/mol. The second kappa shape index (κ2) is 8.40. The van der Waals surface area contributed by atoms with Crippen LogP contribution in [0.25, 0.3) is 10.8 Å². The Labute approximate surface area is 166 Å². The number of benzene rings is 3. The predicted molar refractivity (Wildman–Crippen MR) is 113 cm³/mol. The molecule has 1 N–H and O–H groups in total. The Morgan fingerprint density at radius 2 is 1.69 bits per heavy atom. The largest absolute Gasteiger partial charge is 0.488 e. The molecule has 3 aromatic rings. The molecule has 0 unspecified atom stereocenters. The third kappa shape index (κ3) is 4.46. The van der Waals surface area contributed by atoms with Crippen LogP contribution in [-0.2, 0) is 11.3 Å². The van der Waals surface area contributed by atoms with E-state index in [0.29, 0.717) is 12.3 Å². The van der Waals surface area contributed by atoms with Gasteiger partial charge in [-0.3, -0.25) is 5.32 Å². The molecule has 0 atom stereocenters. The van der Waals surface area contributed by atoms with E-state index in [-0.39, 0.29) is 6.10 Å². The number of halogens is 1. The second-order valence-electron chi connectivity index (χ2n) is 6.14. The first-order valence-electron chi connectivity index (χ1n) is 8.40. The van der Waals surface area contributed by atoms with Crippen LogP contribution in [-0.4, -0.2) is 12.2 Å². The average Bonchev–Trinajstić information content (AvgIpc) is 2.63. The van der Waals surface area contributed by atoms with Crippen LogP contribution in [0, 0.1) is 3.57 Å². The highest BCUT2D eigenvalue weighted by atomic mass is 127. The molecule has 3 aromatic carbocycles. The number of anilines is 1. The molecule has 0 radical (unpaired) electrons. The maximum atomic E-state index is 12.0. The second-order valence-corrected chi connectivity index (χ2v) is 7.21. The number of hydrogen-bond donors (Lipinski definition) is 1. The molecule has 3 rings (SSSR count). The Balaban J connectivity index is 1.93. The molecule has 0 aliphatic carbocycles. The molecule has 0 aliphatic heterocycles. The molecular formula is C21H20INO3. The summed E-state index contributed by atoms with van der Waals surface area (Å²) in [6.07, 6.45) is -0.649. The van der Waals surface area contributed by atoms with Gasteiger partial charge in [0.15, 0.2) is 0 Å². The average molecular weight is 461 g/mol. The van der Waals surface area contributed by atoms with Crippen molar-refractivity contribution in [2.45, 2.75) is 26.6 Å². The summed E-state index contributed by atoms with van der Waals surface area (Å²) in [4.78, 5) is 12.0. The number of ether oxygens (including phenoxy) is 2. The summed E-state index contributed by atoms with van der Waals surface area (Å²) < 4.78 is 12.2. The number of fused-ring (bicyclic) bond motifs is 1. The fourth-order valence-corrected chi connectivity index (χ4v) is 3.37. The van der Waals surface area contributed by atoms with E-state index in [2.05, 4.69) is 27.9 Å². The van der Waals surface area contributed by atoms with Gasteiger partial charge in [0.1, 0.15) is 12.4 Å². The summed E-state index contributed by atoms with van der Waals surface area (Å²) in [5.74, 6) is 0.727. The summed E-state index contributed by atoms with van der Waals surface area (Å²) in [7, 11) is 0. The number of amides is 1. The van der Waals surface area contributed by atoms with E-state index in [1.165, 1.54) is 0 Å². The first-order valence-corrected chi connectivity index (χ1v) is 9.48. The van der Waals surface area contributed by atoms with Crippen LogP contribution < -0.4 is 10.1 Å². The van der Waals surface area contributed by atoms with Gasteiger partial charge in [0.2, 0.25) is 0 Å². The van der Waals surface area contributed by atoms with Crippen molar-refractivity contribution in [3.8, 4) is 5.75 Å². The zero-order chi connectivity index (χ0) is 18.5. The molecule has 1 amide bonds. The standard InChI is InChI=1S/C21H20INO3/c1-14(2)26-21(24)23-18-12-19(25-13-15-8-4-3-5-9-15)16-10-6-7-11-17(16)20(18)22/h3-12,14H,13H2,1-2H3,(H,23,24). The summed E-state index contributed by atoms with van der Waals surface area (Å²) in [5.41, 5.74) is 1.77. The Hall–Kier alpha value is -2.28. The van der Waals surface area contributed by atoms with E-state index in [0.717, 1.165) is 25.7 Å². The van der Waals surface area contributed by atoms with Gasteiger partial charge in [-0.15, -0.1) is 0 Å². The fourth-order valence-electron chi connectivity index (χ4n) is 2.61. The van der Waals surface area contributed by atoms with Gasteiger partial charge >= 0.3 is 6.09 Å². The molecule has 4 nitrogen and oxygen atoms in total. The van der Waals surface area contributed by atoms with E-state index in [1.807, 2.05) is 74.5 Å². The van der Waals surface area contributed by atoms with Gasteiger partial charge in [-0.1, -0.05) is 54.6 Å². The maximum Gasteiger partial charge on any atom is 0.411 e. The molecule has 0 bridgehead atoms. The summed E-state index contributed by atoms with van der Waals surface area (Å²) in [6.45, 7) is 4.10. The molecule has 0 fully saturated rings. The van der Waals surface area contributed by atoms with E-state index >= 15 is 0 Å². The molecule has 0 saturated carbocycles. The molecule has 0 aliphatic rings. The lowest BCUT2D eigenvalue weighted by atomic mass is 10.1. The SMILES string of the molecule is CC(C)OC(=O)Nc1cc(OCc2ccccc2)c2ccccc2c1I. The Morgan fingerprint density at radius 3 is 2.38 bits per heavy atom. The van der Waals surface area contributed by atoms with Crippen LogP contribution in [0.15, 0.2) is 60.7 Å². The zero-order valence-electron chi connectivity index (χ0n) is 14.7. The summed E-state index contributed by atoms with van der Waals surface area (Å²) in [5, 5.41) is 4.86. The van der Waals surface area contributed by atoms with E-state index < -0.39 is 6.09 Å². The molecular weight excluding hydrogens is 441 g/mol. The molecule has 134 valence electrons. The quantitative estimate of drug-likeness (QED) is 0.476. The normalized spacial score (nSPS) is 10.8. The van der Waals surface area contributed by atoms with Gasteiger partial charge in [0.05, 0.1) is 11.8 Å². The minimum Gasteiger partial charge on any atom is -0.488 e. The molecule has 5 heteroatoms. The van der Waals surface area contributed by atoms with Crippen molar-refractivity contribution in [2.75, 3.05) is 5.32 Å². The van der Waals surface area contributed by atoms with E-state index in [9.17, 15) is 4.79 Å². The molecule has 0 saturated heterocycles. The first-order chi connectivity index (χ1) is 12.5. The van der Waals surface area contributed by atoms with Crippen LogP contribution in [0.5, 0.6) is 5.75 Å². The number of nitrogens with one attached hydrogen (secondary N) is 1. The molecule has 0 heterocycles. The summed E-state index contributed by atoms with van der Waals surface area (Å²) in [6, 6.07) is 19.8.